The van der Waals surface area contributed by atoms with Crippen molar-refractivity contribution in [2.24, 2.45) is 0 Å². The molecule has 120 valence electrons. The van der Waals surface area contributed by atoms with Crippen LogP contribution >= 0.6 is 38.9 Å². The molecular weight excluding hydrogens is 412 g/mol. The van der Waals surface area contributed by atoms with Crippen molar-refractivity contribution in [3.05, 3.63) is 56.5 Å². The molecular formula is C16H10BrClN4OS. The molecule has 3 heterocycles. The molecule has 24 heavy (non-hydrogen) atoms. The highest BCUT2D eigenvalue weighted by molar-refractivity contribution is 9.10. The maximum atomic E-state index is 5.81. The van der Waals surface area contributed by atoms with E-state index in [2.05, 4.69) is 35.9 Å². The van der Waals surface area contributed by atoms with Gasteiger partial charge in [0.2, 0.25) is 0 Å². The molecule has 3 aromatic heterocycles. The minimum atomic E-state index is 0.451. The summed E-state index contributed by atoms with van der Waals surface area (Å²) in [5.74, 6) is 1.55. The first-order valence-electron chi connectivity index (χ1n) is 7.02. The monoisotopic (exact) mass is 420 g/mol. The summed E-state index contributed by atoms with van der Waals surface area (Å²) in [6, 6.07) is 9.70. The first-order chi connectivity index (χ1) is 11.7. The molecule has 0 saturated carbocycles. The van der Waals surface area contributed by atoms with E-state index in [1.165, 1.54) is 11.3 Å². The first-order valence-corrected chi connectivity index (χ1v) is 9.01. The third kappa shape index (κ3) is 3.28. The third-order valence-corrected chi connectivity index (χ3v) is 4.86. The van der Waals surface area contributed by atoms with E-state index in [0.717, 1.165) is 32.0 Å². The van der Waals surface area contributed by atoms with Crippen LogP contribution < -0.4 is 4.74 Å². The minimum absolute atomic E-state index is 0.451. The number of fused-ring (bicyclic) bond motifs is 1. The van der Waals surface area contributed by atoms with Gasteiger partial charge in [-0.05, 0) is 46.3 Å². The smallest absolute Gasteiger partial charge is 0.183 e. The summed E-state index contributed by atoms with van der Waals surface area (Å²) in [6.07, 6.45) is 3.45. The summed E-state index contributed by atoms with van der Waals surface area (Å²) in [4.78, 5) is 17.0. The molecule has 0 saturated heterocycles. The number of thiazole rings is 1. The Morgan fingerprint density at radius 1 is 1.17 bits per heavy atom. The summed E-state index contributed by atoms with van der Waals surface area (Å²) in [5.41, 5.74) is 2.55. The van der Waals surface area contributed by atoms with E-state index in [4.69, 9.17) is 16.3 Å². The van der Waals surface area contributed by atoms with Gasteiger partial charge in [-0.2, -0.15) is 0 Å². The number of H-pyrrole nitrogens is 1. The Labute approximate surface area is 154 Å². The van der Waals surface area contributed by atoms with Crippen molar-refractivity contribution >= 4 is 50.0 Å². The number of halogens is 2. The average Bonchev–Trinajstić information content (AvgIpc) is 3.19. The zero-order valence-electron chi connectivity index (χ0n) is 12.2. The number of imidazole rings is 1. The fourth-order valence-corrected chi connectivity index (χ4v) is 3.45. The van der Waals surface area contributed by atoms with E-state index in [9.17, 15) is 0 Å². The van der Waals surface area contributed by atoms with Crippen LogP contribution in [0.3, 0.4) is 0 Å². The molecule has 0 aliphatic rings. The van der Waals surface area contributed by atoms with Crippen molar-refractivity contribution in [1.29, 1.82) is 0 Å². The second-order valence-corrected chi connectivity index (χ2v) is 7.62. The van der Waals surface area contributed by atoms with E-state index in [1.54, 1.807) is 12.4 Å². The second-order valence-electron chi connectivity index (χ2n) is 5.00. The minimum Gasteiger partial charge on any atom is -0.488 e. The lowest BCUT2D eigenvalue weighted by atomic mass is 10.2. The molecule has 0 bridgehead atoms. The SMILES string of the molecule is Clc1ncc(COc2ccc(-c3nc4ncc(Br)cc4[nH]3)cc2)s1. The van der Waals surface area contributed by atoms with Crippen molar-refractivity contribution in [3.63, 3.8) is 0 Å². The highest BCUT2D eigenvalue weighted by Gasteiger charge is 2.07. The van der Waals surface area contributed by atoms with Crippen LogP contribution in [0.15, 0.2) is 47.2 Å². The Morgan fingerprint density at radius 2 is 2.00 bits per heavy atom. The molecule has 0 unspecified atom stereocenters. The van der Waals surface area contributed by atoms with Gasteiger partial charge in [-0.25, -0.2) is 15.0 Å². The number of nitrogens with one attached hydrogen (secondary N) is 1. The Bertz CT molecular complexity index is 999. The normalized spacial score (nSPS) is 11.1. The molecule has 1 aromatic carbocycles. The van der Waals surface area contributed by atoms with Crippen molar-refractivity contribution in [1.82, 2.24) is 19.9 Å². The topological polar surface area (TPSA) is 63.7 Å². The molecule has 4 rings (SSSR count). The molecule has 4 aromatic rings. The van der Waals surface area contributed by atoms with Crippen LogP contribution in [-0.4, -0.2) is 19.9 Å². The quantitative estimate of drug-likeness (QED) is 0.499. The van der Waals surface area contributed by atoms with E-state index in [0.29, 0.717) is 16.7 Å². The number of hydrogen-bond donors (Lipinski definition) is 1. The maximum Gasteiger partial charge on any atom is 0.183 e. The van der Waals surface area contributed by atoms with Gasteiger partial charge in [0.05, 0.1) is 10.4 Å². The zero-order chi connectivity index (χ0) is 16.5. The van der Waals surface area contributed by atoms with Gasteiger partial charge in [0.25, 0.3) is 0 Å². The number of aromatic nitrogens is 4. The standard InChI is InChI=1S/C16H10BrClN4OS/c17-10-5-13-15(19-6-10)22-14(21-13)9-1-3-11(4-2-9)23-8-12-7-20-16(18)24-12/h1-7H,8H2,(H,19,21,22). The maximum absolute atomic E-state index is 5.81. The van der Waals surface area contributed by atoms with Gasteiger partial charge in [0.15, 0.2) is 10.1 Å². The summed E-state index contributed by atoms with van der Waals surface area (Å²) >= 11 is 10.6. The van der Waals surface area contributed by atoms with Gasteiger partial charge < -0.3 is 9.72 Å². The lowest BCUT2D eigenvalue weighted by Crippen LogP contribution is -1.92. The molecule has 8 heteroatoms. The molecule has 0 amide bonds. The largest absolute Gasteiger partial charge is 0.488 e. The van der Waals surface area contributed by atoms with Crippen LogP contribution in [0.5, 0.6) is 5.75 Å². The zero-order valence-corrected chi connectivity index (χ0v) is 15.3. The Morgan fingerprint density at radius 3 is 2.75 bits per heavy atom. The van der Waals surface area contributed by atoms with Gasteiger partial charge in [0.1, 0.15) is 18.2 Å². The molecule has 0 aliphatic heterocycles. The number of rotatable bonds is 4. The van der Waals surface area contributed by atoms with Crippen LogP contribution in [0.1, 0.15) is 4.88 Å². The Hall–Kier alpha value is -1.96. The third-order valence-electron chi connectivity index (χ3n) is 3.34. The molecule has 0 atom stereocenters. The van der Waals surface area contributed by atoms with E-state index < -0.39 is 0 Å². The summed E-state index contributed by atoms with van der Waals surface area (Å²) in [5, 5.41) is 0. The van der Waals surface area contributed by atoms with Crippen LogP contribution in [0.25, 0.3) is 22.6 Å². The van der Waals surface area contributed by atoms with Gasteiger partial charge >= 0.3 is 0 Å². The molecule has 0 fully saturated rings. The molecule has 0 radical (unpaired) electrons. The lowest BCUT2D eigenvalue weighted by molar-refractivity contribution is 0.309. The van der Waals surface area contributed by atoms with E-state index >= 15 is 0 Å². The van der Waals surface area contributed by atoms with Gasteiger partial charge in [-0.3, -0.25) is 0 Å². The van der Waals surface area contributed by atoms with E-state index in [-0.39, 0.29) is 0 Å². The predicted octanol–water partition coefficient (Wildman–Crippen LogP) is 5.08. The highest BCUT2D eigenvalue weighted by atomic mass is 79.9. The van der Waals surface area contributed by atoms with Crippen LogP contribution in [-0.2, 0) is 6.61 Å². The highest BCUT2D eigenvalue weighted by Crippen LogP contribution is 2.25. The first kappa shape index (κ1) is 15.6. The van der Waals surface area contributed by atoms with Crippen molar-refractivity contribution in [3.8, 4) is 17.1 Å². The second kappa shape index (κ2) is 6.51. The molecule has 0 aliphatic carbocycles. The summed E-state index contributed by atoms with van der Waals surface area (Å²) in [7, 11) is 0. The fraction of sp³-hybridized carbons (Fsp3) is 0.0625. The molecule has 1 N–H and O–H groups in total. The Kier molecular flexibility index (Phi) is 4.22. The number of benzene rings is 1. The molecule has 0 spiro atoms. The lowest BCUT2D eigenvalue weighted by Gasteiger charge is -2.04. The van der Waals surface area contributed by atoms with Gasteiger partial charge in [0, 0.05) is 22.4 Å². The summed E-state index contributed by atoms with van der Waals surface area (Å²) < 4.78 is 7.17. The predicted molar refractivity (Wildman–Crippen MR) is 98.5 cm³/mol. The fourth-order valence-electron chi connectivity index (χ4n) is 2.23. The average molecular weight is 422 g/mol. The number of hydrogen-bond acceptors (Lipinski definition) is 5. The van der Waals surface area contributed by atoms with Crippen LogP contribution in [0, 0.1) is 0 Å². The van der Waals surface area contributed by atoms with Crippen molar-refractivity contribution < 1.29 is 4.74 Å². The summed E-state index contributed by atoms with van der Waals surface area (Å²) in [6.45, 7) is 0.451. The Balaban J connectivity index is 1.51. The van der Waals surface area contributed by atoms with Gasteiger partial charge in [-0.15, -0.1) is 11.3 Å². The number of nitrogens with zero attached hydrogens (tertiary/aromatic N) is 3. The van der Waals surface area contributed by atoms with Crippen LogP contribution in [0.2, 0.25) is 4.47 Å². The van der Waals surface area contributed by atoms with E-state index in [1.807, 2.05) is 30.3 Å². The van der Waals surface area contributed by atoms with Crippen molar-refractivity contribution in [2.45, 2.75) is 6.61 Å². The van der Waals surface area contributed by atoms with Crippen molar-refractivity contribution in [2.75, 3.05) is 0 Å². The number of ether oxygens (including phenoxy) is 1. The number of pyridine rings is 1. The number of aromatic amines is 1. The van der Waals surface area contributed by atoms with Gasteiger partial charge in [-0.1, -0.05) is 11.6 Å². The molecule has 5 nitrogen and oxygen atoms in total. The van der Waals surface area contributed by atoms with Crippen LogP contribution in [0.4, 0.5) is 0 Å².